The van der Waals surface area contributed by atoms with Crippen LogP contribution in [0.4, 0.5) is 4.39 Å². The highest BCUT2D eigenvalue weighted by Crippen LogP contribution is 2.13. The molecule has 96 valence electrons. The maximum Gasteiger partial charge on any atom is 0.262 e. The molecule has 0 aliphatic rings. The van der Waals surface area contributed by atoms with Crippen molar-refractivity contribution >= 4 is 22.5 Å². The first-order valence-corrected chi connectivity index (χ1v) is 6.01. The predicted octanol–water partition coefficient (Wildman–Crippen LogP) is 1.80. The zero-order valence-corrected chi connectivity index (χ0v) is 10.7. The molecule has 0 fully saturated rings. The highest BCUT2D eigenvalue weighted by atomic mass is 35.5. The minimum absolute atomic E-state index is 0.134. The lowest BCUT2D eigenvalue weighted by atomic mass is 10.2. The van der Waals surface area contributed by atoms with Crippen molar-refractivity contribution in [2.45, 2.75) is 13.0 Å². The summed E-state index contributed by atoms with van der Waals surface area (Å²) in [5.74, 6) is -0.453. The zero-order valence-electron chi connectivity index (χ0n) is 9.91. The number of halogens is 2. The molecule has 0 saturated carbocycles. The largest absolute Gasteiger partial charge is 0.320 e. The van der Waals surface area contributed by atoms with Crippen molar-refractivity contribution in [3.63, 3.8) is 0 Å². The summed E-state index contributed by atoms with van der Waals surface area (Å²) in [6.07, 6.45) is 0.749. The molecule has 0 aliphatic carbocycles. The molecule has 2 aromatic rings. The van der Waals surface area contributed by atoms with Gasteiger partial charge in [0, 0.05) is 6.54 Å². The van der Waals surface area contributed by atoms with E-state index in [4.69, 9.17) is 11.6 Å². The van der Waals surface area contributed by atoms with E-state index in [9.17, 15) is 9.18 Å². The first kappa shape index (κ1) is 13.0. The lowest BCUT2D eigenvalue weighted by Gasteiger charge is -2.09. The monoisotopic (exact) mass is 269 g/mol. The van der Waals surface area contributed by atoms with E-state index >= 15 is 0 Å². The van der Waals surface area contributed by atoms with E-state index in [0.29, 0.717) is 12.1 Å². The first-order valence-electron chi connectivity index (χ1n) is 5.63. The van der Waals surface area contributed by atoms with Crippen LogP contribution in [0, 0.1) is 5.82 Å². The molecule has 1 N–H and O–H groups in total. The second kappa shape index (κ2) is 5.46. The molecule has 2 rings (SSSR count). The molecule has 1 aromatic carbocycles. The number of aromatic nitrogens is 2. The van der Waals surface area contributed by atoms with Crippen molar-refractivity contribution < 1.29 is 4.39 Å². The van der Waals surface area contributed by atoms with Crippen molar-refractivity contribution in [1.29, 1.82) is 0 Å². The van der Waals surface area contributed by atoms with Crippen molar-refractivity contribution in [3.8, 4) is 0 Å². The minimum atomic E-state index is -0.453. The Morgan fingerprint density at radius 1 is 1.50 bits per heavy atom. The molecule has 0 saturated heterocycles. The van der Waals surface area contributed by atoms with Gasteiger partial charge in [-0.25, -0.2) is 9.37 Å². The second-order valence-electron chi connectivity index (χ2n) is 3.96. The molecule has 4 nitrogen and oxygen atoms in total. The van der Waals surface area contributed by atoms with Gasteiger partial charge < -0.3 is 5.32 Å². The van der Waals surface area contributed by atoms with Gasteiger partial charge in [-0.05, 0) is 49.8 Å². The van der Waals surface area contributed by atoms with E-state index < -0.39 is 5.82 Å². The summed E-state index contributed by atoms with van der Waals surface area (Å²) in [5, 5.41) is 3.37. The van der Waals surface area contributed by atoms with Gasteiger partial charge in [-0.1, -0.05) is 0 Å². The summed E-state index contributed by atoms with van der Waals surface area (Å²) in [6.45, 7) is 1.22. The topological polar surface area (TPSA) is 46.9 Å². The van der Waals surface area contributed by atoms with Crippen LogP contribution >= 0.6 is 11.6 Å². The Morgan fingerprint density at radius 2 is 2.28 bits per heavy atom. The van der Waals surface area contributed by atoms with Crippen LogP contribution in [0.25, 0.3) is 10.9 Å². The fraction of sp³-hybridized carbons (Fsp3) is 0.333. The Hall–Kier alpha value is -1.46. The second-order valence-corrected chi connectivity index (χ2v) is 4.29. The van der Waals surface area contributed by atoms with Crippen molar-refractivity contribution in [2.75, 3.05) is 13.6 Å². The summed E-state index contributed by atoms with van der Waals surface area (Å²) in [6, 6.07) is 3.90. The molecule has 0 amide bonds. The third-order valence-corrected chi connectivity index (χ3v) is 2.97. The summed E-state index contributed by atoms with van der Waals surface area (Å²) < 4.78 is 14.5. The van der Waals surface area contributed by atoms with E-state index in [2.05, 4.69) is 10.3 Å². The first-order chi connectivity index (χ1) is 8.63. The Bertz CT molecular complexity index is 626. The minimum Gasteiger partial charge on any atom is -0.320 e. The molecular formula is C12H13ClFN3O. The lowest BCUT2D eigenvalue weighted by molar-refractivity contribution is 0.593. The number of fused-ring (bicyclic) bond motifs is 1. The number of hydrogen-bond donors (Lipinski definition) is 1. The van der Waals surface area contributed by atoms with Gasteiger partial charge in [0.1, 0.15) is 5.82 Å². The normalized spacial score (nSPS) is 11.1. The van der Waals surface area contributed by atoms with E-state index in [-0.39, 0.29) is 16.2 Å². The van der Waals surface area contributed by atoms with Crippen molar-refractivity contribution in [3.05, 3.63) is 39.7 Å². The van der Waals surface area contributed by atoms with Crippen LogP contribution in [0.5, 0.6) is 0 Å². The van der Waals surface area contributed by atoms with Gasteiger partial charge in [0.05, 0.1) is 10.9 Å². The fourth-order valence-electron chi connectivity index (χ4n) is 1.77. The number of nitrogens with one attached hydrogen (secondary N) is 1. The van der Waals surface area contributed by atoms with Crippen molar-refractivity contribution in [1.82, 2.24) is 14.9 Å². The summed E-state index contributed by atoms with van der Waals surface area (Å²) in [4.78, 5) is 16.2. The quantitative estimate of drug-likeness (QED) is 0.680. The third kappa shape index (κ3) is 2.52. The van der Waals surface area contributed by atoms with Gasteiger partial charge >= 0.3 is 0 Å². The molecule has 1 heterocycles. The maximum atomic E-state index is 13.1. The van der Waals surface area contributed by atoms with Crippen LogP contribution in [0.2, 0.25) is 5.28 Å². The molecule has 0 bridgehead atoms. The van der Waals surface area contributed by atoms with Crippen LogP contribution < -0.4 is 10.9 Å². The molecular weight excluding hydrogens is 257 g/mol. The number of rotatable bonds is 4. The van der Waals surface area contributed by atoms with E-state index in [1.54, 1.807) is 0 Å². The fourth-order valence-corrected chi connectivity index (χ4v) is 2.03. The van der Waals surface area contributed by atoms with Gasteiger partial charge in [-0.2, -0.15) is 0 Å². The number of benzene rings is 1. The molecule has 6 heteroatoms. The zero-order chi connectivity index (χ0) is 13.1. The highest BCUT2D eigenvalue weighted by Gasteiger charge is 2.09. The molecule has 0 unspecified atom stereocenters. The Labute approximate surface area is 108 Å². The van der Waals surface area contributed by atoms with Crippen LogP contribution in [0.15, 0.2) is 23.0 Å². The Kier molecular flexibility index (Phi) is 3.93. The predicted molar refractivity (Wildman–Crippen MR) is 69.5 cm³/mol. The van der Waals surface area contributed by atoms with Crippen LogP contribution in [-0.2, 0) is 6.54 Å². The van der Waals surface area contributed by atoms with Crippen LogP contribution in [0.1, 0.15) is 6.42 Å². The Balaban J connectivity index is 2.50. The average molecular weight is 270 g/mol. The molecule has 18 heavy (non-hydrogen) atoms. The van der Waals surface area contributed by atoms with Gasteiger partial charge in [0.15, 0.2) is 0 Å². The van der Waals surface area contributed by atoms with Crippen LogP contribution in [0.3, 0.4) is 0 Å². The number of nitrogens with zero attached hydrogens (tertiary/aromatic N) is 2. The highest BCUT2D eigenvalue weighted by molar-refractivity contribution is 6.28. The van der Waals surface area contributed by atoms with Gasteiger partial charge in [0.2, 0.25) is 5.28 Å². The smallest absolute Gasteiger partial charge is 0.262 e. The SMILES string of the molecule is CNCCCn1c(Cl)nc2ccc(F)cc2c1=O. The molecule has 0 spiro atoms. The Morgan fingerprint density at radius 3 is 3.00 bits per heavy atom. The molecule has 1 aromatic heterocycles. The van der Waals surface area contributed by atoms with Crippen LogP contribution in [-0.4, -0.2) is 23.1 Å². The molecule has 0 atom stereocenters. The molecule has 0 radical (unpaired) electrons. The van der Waals surface area contributed by atoms with Gasteiger partial charge in [-0.3, -0.25) is 9.36 Å². The summed E-state index contributed by atoms with van der Waals surface area (Å²) in [7, 11) is 1.83. The van der Waals surface area contributed by atoms with Gasteiger partial charge in [-0.15, -0.1) is 0 Å². The van der Waals surface area contributed by atoms with Crippen molar-refractivity contribution in [2.24, 2.45) is 0 Å². The van der Waals surface area contributed by atoms with Gasteiger partial charge in [0.25, 0.3) is 5.56 Å². The van der Waals surface area contributed by atoms with E-state index in [0.717, 1.165) is 13.0 Å². The molecule has 0 aliphatic heterocycles. The average Bonchev–Trinajstić information content (AvgIpc) is 2.35. The summed E-state index contributed by atoms with van der Waals surface area (Å²) >= 11 is 5.96. The van der Waals surface area contributed by atoms with E-state index in [1.807, 2.05) is 7.05 Å². The number of hydrogen-bond acceptors (Lipinski definition) is 3. The lowest BCUT2D eigenvalue weighted by Crippen LogP contribution is -2.24. The maximum absolute atomic E-state index is 13.1. The standard InChI is InChI=1S/C12H13ClFN3O/c1-15-5-2-6-17-11(18)9-7-8(14)3-4-10(9)16-12(17)13/h3-4,7,15H,2,5-6H2,1H3. The van der Waals surface area contributed by atoms with E-state index in [1.165, 1.54) is 22.8 Å². The summed E-state index contributed by atoms with van der Waals surface area (Å²) in [5.41, 5.74) is 0.108. The third-order valence-electron chi connectivity index (χ3n) is 2.68.